The fraction of sp³-hybridized carbons (Fsp3) is 0.100. The van der Waals surface area contributed by atoms with E-state index >= 15 is 0 Å². The van der Waals surface area contributed by atoms with Crippen LogP contribution in [0.15, 0.2) is 66.3 Å². The number of rotatable bonds is 6. The zero-order valence-corrected chi connectivity index (χ0v) is 16.2. The molecule has 0 saturated heterocycles. The summed E-state index contributed by atoms with van der Waals surface area (Å²) in [6.07, 6.45) is 3.65. The van der Waals surface area contributed by atoms with Gasteiger partial charge in [0, 0.05) is 0 Å². The van der Waals surface area contributed by atoms with Gasteiger partial charge in [-0.25, -0.2) is 18.4 Å². The molecule has 5 nitrogen and oxygen atoms in total. The molecule has 0 bridgehead atoms. The van der Waals surface area contributed by atoms with Gasteiger partial charge in [0.05, 0.1) is 11.0 Å². The Hall–Kier alpha value is -2.70. The Morgan fingerprint density at radius 2 is 1.74 bits per heavy atom. The lowest BCUT2D eigenvalue weighted by Crippen LogP contribution is -2.11. The zero-order chi connectivity index (χ0) is 19.3. The molecule has 0 radical (unpaired) electrons. The Kier molecular flexibility index (Phi) is 5.88. The third kappa shape index (κ3) is 4.93. The number of hydrogen-bond donors (Lipinski definition) is 1. The lowest BCUT2D eigenvalue weighted by molar-refractivity contribution is 0.609. The van der Waals surface area contributed by atoms with Gasteiger partial charge in [0.25, 0.3) is 10.0 Å². The Morgan fingerprint density at radius 3 is 2.41 bits per heavy atom. The van der Waals surface area contributed by atoms with Crippen molar-refractivity contribution >= 4 is 33.5 Å². The van der Waals surface area contributed by atoms with Crippen molar-refractivity contribution in [3.8, 4) is 11.1 Å². The average Bonchev–Trinajstić information content (AvgIpc) is 2.67. The number of nitrogens with zero attached hydrogens (tertiary/aromatic N) is 2. The van der Waals surface area contributed by atoms with Gasteiger partial charge in [-0.05, 0) is 29.2 Å². The van der Waals surface area contributed by atoms with Gasteiger partial charge >= 0.3 is 0 Å². The molecule has 1 N–H and O–H groups in total. The number of nitrogens with one attached hydrogen (secondary N) is 1. The molecule has 3 aromatic rings. The summed E-state index contributed by atoms with van der Waals surface area (Å²) in [5.41, 5.74) is 3.12. The predicted molar refractivity (Wildman–Crippen MR) is 110 cm³/mol. The Labute approximate surface area is 163 Å². The van der Waals surface area contributed by atoms with Crippen LogP contribution in [-0.2, 0) is 16.4 Å². The molecule has 27 heavy (non-hydrogen) atoms. The van der Waals surface area contributed by atoms with Crippen LogP contribution in [0.5, 0.6) is 0 Å². The summed E-state index contributed by atoms with van der Waals surface area (Å²) in [6, 6.07) is 16.8. The summed E-state index contributed by atoms with van der Waals surface area (Å²) in [4.78, 5) is 8.06. The number of anilines is 1. The summed E-state index contributed by atoms with van der Waals surface area (Å²) >= 11 is 6.24. The maximum Gasteiger partial charge on any atom is 0.256 e. The third-order valence-electron chi connectivity index (χ3n) is 3.93. The number of aryl methyl sites for hydroxylation is 1. The Balaban J connectivity index is 1.92. The highest BCUT2D eigenvalue weighted by Gasteiger charge is 2.16. The first-order chi connectivity index (χ1) is 13.0. The summed E-state index contributed by atoms with van der Waals surface area (Å²) in [5, 5.41) is 1.28. The van der Waals surface area contributed by atoms with Crippen molar-refractivity contribution in [2.24, 2.45) is 0 Å². The van der Waals surface area contributed by atoms with Crippen molar-refractivity contribution in [3.05, 3.63) is 82.6 Å². The van der Waals surface area contributed by atoms with Crippen LogP contribution in [-0.4, -0.2) is 18.4 Å². The predicted octanol–water partition coefficient (Wildman–Crippen LogP) is 4.77. The molecular weight excluding hydrogens is 382 g/mol. The molecule has 0 aliphatic rings. The highest BCUT2D eigenvalue weighted by Crippen LogP contribution is 2.32. The minimum Gasteiger partial charge on any atom is -0.263 e. The molecule has 138 valence electrons. The van der Waals surface area contributed by atoms with Gasteiger partial charge in [0.1, 0.15) is 11.5 Å². The van der Waals surface area contributed by atoms with Crippen LogP contribution >= 0.6 is 11.6 Å². The van der Waals surface area contributed by atoms with Gasteiger partial charge in [0.2, 0.25) is 0 Å². The van der Waals surface area contributed by atoms with Crippen molar-refractivity contribution < 1.29 is 8.42 Å². The SMILES string of the molecule is CCc1ccc(-c2c(Cl)ncnc2NS(=O)(=O)/C=C/c2ccccc2)cc1. The molecule has 2 aromatic carbocycles. The quantitative estimate of drug-likeness (QED) is 0.606. The van der Waals surface area contributed by atoms with E-state index in [1.54, 1.807) is 0 Å². The summed E-state index contributed by atoms with van der Waals surface area (Å²) in [6.45, 7) is 2.06. The minimum absolute atomic E-state index is 0.136. The fourth-order valence-corrected chi connectivity index (χ4v) is 3.58. The molecule has 3 rings (SSSR count). The largest absolute Gasteiger partial charge is 0.263 e. The highest BCUT2D eigenvalue weighted by molar-refractivity contribution is 7.95. The lowest BCUT2D eigenvalue weighted by Gasteiger charge is -2.11. The van der Waals surface area contributed by atoms with E-state index in [-0.39, 0.29) is 11.0 Å². The maximum absolute atomic E-state index is 12.5. The molecule has 0 unspecified atom stereocenters. The molecular formula is C20H18ClN3O2S. The van der Waals surface area contributed by atoms with E-state index in [0.717, 1.165) is 23.0 Å². The van der Waals surface area contributed by atoms with Gasteiger partial charge in [-0.1, -0.05) is 73.1 Å². The first-order valence-corrected chi connectivity index (χ1v) is 10.3. The van der Waals surface area contributed by atoms with Crippen molar-refractivity contribution in [1.29, 1.82) is 0 Å². The Bertz CT molecular complexity index is 1050. The molecule has 0 aliphatic heterocycles. The normalized spacial score (nSPS) is 11.6. The van der Waals surface area contributed by atoms with Gasteiger partial charge in [0.15, 0.2) is 5.82 Å². The van der Waals surface area contributed by atoms with Crippen LogP contribution in [0.3, 0.4) is 0 Å². The van der Waals surface area contributed by atoms with Crippen LogP contribution in [0.2, 0.25) is 5.15 Å². The first-order valence-electron chi connectivity index (χ1n) is 8.34. The smallest absolute Gasteiger partial charge is 0.256 e. The topological polar surface area (TPSA) is 72.0 Å². The van der Waals surface area contributed by atoms with Crippen molar-refractivity contribution in [3.63, 3.8) is 0 Å². The van der Waals surface area contributed by atoms with E-state index in [1.807, 2.05) is 54.6 Å². The van der Waals surface area contributed by atoms with Crippen molar-refractivity contribution in [2.45, 2.75) is 13.3 Å². The number of aromatic nitrogens is 2. The minimum atomic E-state index is -3.77. The molecule has 0 spiro atoms. The second-order valence-electron chi connectivity index (χ2n) is 5.80. The standard InChI is InChI=1S/C20H18ClN3O2S/c1-2-15-8-10-17(11-9-15)18-19(21)22-14-23-20(18)24-27(25,26)13-12-16-6-4-3-5-7-16/h3-14H,2H2,1H3,(H,22,23,24)/b13-12+. The number of sulfonamides is 1. The molecule has 0 atom stereocenters. The van der Waals surface area contributed by atoms with E-state index in [0.29, 0.717) is 5.56 Å². The van der Waals surface area contributed by atoms with E-state index in [1.165, 1.54) is 18.0 Å². The average molecular weight is 400 g/mol. The summed E-state index contributed by atoms with van der Waals surface area (Å²) in [7, 11) is -3.77. The first kappa shape index (κ1) is 19.1. The van der Waals surface area contributed by atoms with Gasteiger partial charge in [-0.3, -0.25) is 4.72 Å². The highest BCUT2D eigenvalue weighted by atomic mass is 35.5. The summed E-state index contributed by atoms with van der Waals surface area (Å²) in [5.74, 6) is 0.136. The van der Waals surface area contributed by atoms with Crippen LogP contribution in [0.4, 0.5) is 5.82 Å². The number of halogens is 1. The van der Waals surface area contributed by atoms with E-state index < -0.39 is 10.0 Å². The van der Waals surface area contributed by atoms with Crippen LogP contribution in [0, 0.1) is 0 Å². The van der Waals surface area contributed by atoms with E-state index in [4.69, 9.17) is 11.6 Å². The van der Waals surface area contributed by atoms with Gasteiger partial charge in [-0.15, -0.1) is 0 Å². The van der Waals surface area contributed by atoms with E-state index in [2.05, 4.69) is 21.6 Å². The van der Waals surface area contributed by atoms with Crippen LogP contribution in [0.1, 0.15) is 18.1 Å². The monoisotopic (exact) mass is 399 g/mol. The molecule has 1 heterocycles. The zero-order valence-electron chi connectivity index (χ0n) is 14.6. The number of benzene rings is 2. The van der Waals surface area contributed by atoms with E-state index in [9.17, 15) is 8.42 Å². The van der Waals surface area contributed by atoms with Gasteiger partial charge < -0.3 is 0 Å². The second kappa shape index (κ2) is 8.33. The Morgan fingerprint density at radius 1 is 1.04 bits per heavy atom. The molecule has 0 amide bonds. The van der Waals surface area contributed by atoms with Crippen molar-refractivity contribution in [1.82, 2.24) is 9.97 Å². The molecule has 0 fully saturated rings. The van der Waals surface area contributed by atoms with Crippen LogP contribution < -0.4 is 4.72 Å². The molecule has 0 saturated carbocycles. The maximum atomic E-state index is 12.5. The van der Waals surface area contributed by atoms with Crippen molar-refractivity contribution in [2.75, 3.05) is 4.72 Å². The molecule has 0 aliphatic carbocycles. The fourth-order valence-electron chi connectivity index (χ4n) is 2.51. The third-order valence-corrected chi connectivity index (χ3v) is 5.19. The molecule has 7 heteroatoms. The van der Waals surface area contributed by atoms with Gasteiger partial charge in [-0.2, -0.15) is 0 Å². The number of hydrogen-bond acceptors (Lipinski definition) is 4. The summed E-state index contributed by atoms with van der Waals surface area (Å²) < 4.78 is 27.4. The van der Waals surface area contributed by atoms with Crippen LogP contribution in [0.25, 0.3) is 17.2 Å². The second-order valence-corrected chi connectivity index (χ2v) is 7.72. The lowest BCUT2D eigenvalue weighted by atomic mass is 10.0. The molecule has 1 aromatic heterocycles.